The molecule has 1 aliphatic carbocycles. The van der Waals surface area contributed by atoms with E-state index in [-0.39, 0.29) is 11.9 Å². The van der Waals surface area contributed by atoms with Crippen LogP contribution in [-0.4, -0.2) is 30.9 Å². The van der Waals surface area contributed by atoms with Crippen LogP contribution in [0.3, 0.4) is 0 Å². The average Bonchev–Trinajstić information content (AvgIpc) is 2.72. The van der Waals surface area contributed by atoms with E-state index in [0.29, 0.717) is 0 Å². The van der Waals surface area contributed by atoms with E-state index in [1.807, 2.05) is 18.0 Å². The molecule has 0 bridgehead atoms. The summed E-state index contributed by atoms with van der Waals surface area (Å²) >= 11 is 0. The number of hydrogen-bond acceptors (Lipinski definition) is 3. The lowest BCUT2D eigenvalue weighted by atomic mass is 9.85. The van der Waals surface area contributed by atoms with E-state index in [2.05, 4.69) is 5.32 Å². The Morgan fingerprint density at radius 1 is 1.50 bits per heavy atom. The lowest BCUT2D eigenvalue weighted by Gasteiger charge is -2.32. The van der Waals surface area contributed by atoms with Crippen LogP contribution in [0.15, 0.2) is 16.7 Å². The van der Waals surface area contributed by atoms with Crippen molar-refractivity contribution in [2.75, 3.05) is 20.1 Å². The first-order valence-electron chi connectivity index (χ1n) is 6.82. The van der Waals surface area contributed by atoms with Gasteiger partial charge in [-0.2, -0.15) is 0 Å². The molecule has 4 nitrogen and oxygen atoms in total. The van der Waals surface area contributed by atoms with E-state index < -0.39 is 0 Å². The molecule has 1 atom stereocenters. The van der Waals surface area contributed by atoms with E-state index in [1.165, 1.54) is 24.8 Å². The van der Waals surface area contributed by atoms with E-state index in [1.54, 1.807) is 6.26 Å². The van der Waals surface area contributed by atoms with Crippen molar-refractivity contribution in [3.05, 3.63) is 23.7 Å². The SMILES string of the molecule is CNC1C(=O)N(CC2CCC2)CCc2ccoc21. The number of carbonyl (C=O) groups is 1. The zero-order chi connectivity index (χ0) is 12.5. The molecule has 1 N–H and O–H groups in total. The second-order valence-corrected chi connectivity index (χ2v) is 5.36. The highest BCUT2D eigenvalue weighted by molar-refractivity contribution is 5.83. The Morgan fingerprint density at radius 2 is 2.33 bits per heavy atom. The van der Waals surface area contributed by atoms with Gasteiger partial charge in [0.2, 0.25) is 5.91 Å². The summed E-state index contributed by atoms with van der Waals surface area (Å²) in [6.07, 6.45) is 6.46. The van der Waals surface area contributed by atoms with Gasteiger partial charge in [0.1, 0.15) is 11.8 Å². The molecule has 1 fully saturated rings. The highest BCUT2D eigenvalue weighted by atomic mass is 16.3. The third-order valence-electron chi connectivity index (χ3n) is 4.24. The fourth-order valence-electron chi connectivity index (χ4n) is 2.89. The first kappa shape index (κ1) is 11.8. The molecule has 1 amide bonds. The second kappa shape index (κ2) is 4.76. The highest BCUT2D eigenvalue weighted by Crippen LogP contribution is 2.30. The summed E-state index contributed by atoms with van der Waals surface area (Å²) in [4.78, 5) is 14.5. The minimum Gasteiger partial charge on any atom is -0.467 e. The molecule has 1 aliphatic heterocycles. The molecular weight excluding hydrogens is 228 g/mol. The summed E-state index contributed by atoms with van der Waals surface area (Å²) < 4.78 is 5.49. The fraction of sp³-hybridized carbons (Fsp3) is 0.643. The van der Waals surface area contributed by atoms with E-state index in [9.17, 15) is 4.79 Å². The topological polar surface area (TPSA) is 45.5 Å². The number of amides is 1. The lowest BCUT2D eigenvalue weighted by molar-refractivity contribution is -0.134. The third-order valence-corrected chi connectivity index (χ3v) is 4.24. The van der Waals surface area contributed by atoms with Crippen molar-refractivity contribution < 1.29 is 9.21 Å². The molecule has 0 radical (unpaired) electrons. The van der Waals surface area contributed by atoms with Crippen molar-refractivity contribution in [2.45, 2.75) is 31.7 Å². The van der Waals surface area contributed by atoms with Gasteiger partial charge in [-0.05, 0) is 43.9 Å². The summed E-state index contributed by atoms with van der Waals surface area (Å²) in [5.74, 6) is 1.69. The van der Waals surface area contributed by atoms with Gasteiger partial charge >= 0.3 is 0 Å². The molecule has 2 aliphatic rings. The molecule has 1 aromatic rings. The molecule has 4 heteroatoms. The quantitative estimate of drug-likeness (QED) is 0.886. The lowest BCUT2D eigenvalue weighted by Crippen LogP contribution is -2.42. The standard InChI is InChI=1S/C14H20N2O2/c1-15-12-13-11(6-8-18-13)5-7-16(14(12)17)9-10-3-2-4-10/h6,8,10,12,15H,2-5,7,9H2,1H3. The monoisotopic (exact) mass is 248 g/mol. The van der Waals surface area contributed by atoms with Gasteiger partial charge in [0.05, 0.1) is 6.26 Å². The Hall–Kier alpha value is -1.29. The van der Waals surface area contributed by atoms with Crippen molar-refractivity contribution >= 4 is 5.91 Å². The maximum atomic E-state index is 12.5. The number of fused-ring (bicyclic) bond motifs is 1. The maximum Gasteiger partial charge on any atom is 0.247 e. The fourth-order valence-corrected chi connectivity index (χ4v) is 2.89. The summed E-state index contributed by atoms with van der Waals surface area (Å²) in [6.45, 7) is 1.74. The zero-order valence-electron chi connectivity index (χ0n) is 10.8. The number of rotatable bonds is 3. The second-order valence-electron chi connectivity index (χ2n) is 5.36. The minimum absolute atomic E-state index is 0.165. The summed E-state index contributed by atoms with van der Waals surface area (Å²) in [7, 11) is 1.82. The molecular formula is C14H20N2O2. The number of nitrogens with zero attached hydrogens (tertiary/aromatic N) is 1. The van der Waals surface area contributed by atoms with Crippen LogP contribution in [0.2, 0.25) is 0 Å². The first-order valence-corrected chi connectivity index (χ1v) is 6.82. The molecule has 0 aromatic carbocycles. The molecule has 1 saturated carbocycles. The van der Waals surface area contributed by atoms with Gasteiger partial charge in [-0.3, -0.25) is 4.79 Å². The van der Waals surface area contributed by atoms with Gasteiger partial charge in [0.15, 0.2) is 0 Å². The van der Waals surface area contributed by atoms with Crippen LogP contribution < -0.4 is 5.32 Å². The summed E-state index contributed by atoms with van der Waals surface area (Å²) in [5, 5.41) is 3.09. The molecule has 1 aromatic heterocycles. The van der Waals surface area contributed by atoms with Gasteiger partial charge in [-0.25, -0.2) is 0 Å². The third kappa shape index (κ3) is 1.94. The van der Waals surface area contributed by atoms with E-state index in [0.717, 1.165) is 31.2 Å². The molecule has 1 unspecified atom stereocenters. The predicted octanol–water partition coefficient (Wildman–Crippen LogP) is 1.72. The smallest absolute Gasteiger partial charge is 0.247 e. The maximum absolute atomic E-state index is 12.5. The number of furan rings is 1. The van der Waals surface area contributed by atoms with Crippen LogP contribution in [0.1, 0.15) is 36.6 Å². The summed E-state index contributed by atoms with van der Waals surface area (Å²) in [5.41, 5.74) is 1.17. The van der Waals surface area contributed by atoms with Crippen molar-refractivity contribution in [2.24, 2.45) is 5.92 Å². The number of likely N-dealkylation sites (N-methyl/N-ethyl adjacent to an activating group) is 1. The summed E-state index contributed by atoms with van der Waals surface area (Å²) in [6, 6.07) is 1.68. The normalized spacial score (nSPS) is 24.6. The Bertz CT molecular complexity index is 437. The van der Waals surface area contributed by atoms with Crippen molar-refractivity contribution in [3.63, 3.8) is 0 Å². The number of hydrogen-bond donors (Lipinski definition) is 1. The molecule has 98 valence electrons. The molecule has 2 heterocycles. The van der Waals surface area contributed by atoms with Crippen molar-refractivity contribution in [1.82, 2.24) is 10.2 Å². The van der Waals surface area contributed by atoms with Gasteiger partial charge in [-0.15, -0.1) is 0 Å². The van der Waals surface area contributed by atoms with Gasteiger partial charge in [0.25, 0.3) is 0 Å². The Balaban J connectivity index is 1.79. The van der Waals surface area contributed by atoms with Crippen molar-refractivity contribution in [1.29, 1.82) is 0 Å². The van der Waals surface area contributed by atoms with E-state index >= 15 is 0 Å². The van der Waals surface area contributed by atoms with Gasteiger partial charge in [0, 0.05) is 13.1 Å². The first-order chi connectivity index (χ1) is 8.79. The number of carbonyl (C=O) groups excluding carboxylic acids is 1. The predicted molar refractivity (Wildman–Crippen MR) is 68.1 cm³/mol. The highest BCUT2D eigenvalue weighted by Gasteiger charge is 2.33. The average molecular weight is 248 g/mol. The molecule has 3 rings (SSSR count). The Labute approximate surface area is 107 Å². The Morgan fingerprint density at radius 3 is 3.00 bits per heavy atom. The molecule has 0 saturated heterocycles. The van der Waals surface area contributed by atoms with Crippen LogP contribution in [0.4, 0.5) is 0 Å². The van der Waals surface area contributed by atoms with Gasteiger partial charge < -0.3 is 14.6 Å². The minimum atomic E-state index is -0.308. The van der Waals surface area contributed by atoms with E-state index in [4.69, 9.17) is 4.42 Å². The molecule has 0 spiro atoms. The van der Waals surface area contributed by atoms with Crippen molar-refractivity contribution in [3.8, 4) is 0 Å². The Kier molecular flexibility index (Phi) is 3.12. The van der Waals surface area contributed by atoms with Crippen LogP contribution in [0.25, 0.3) is 0 Å². The largest absolute Gasteiger partial charge is 0.467 e. The zero-order valence-corrected chi connectivity index (χ0v) is 10.8. The van der Waals surface area contributed by atoms with Gasteiger partial charge in [-0.1, -0.05) is 6.42 Å². The number of nitrogens with one attached hydrogen (secondary N) is 1. The molecule has 18 heavy (non-hydrogen) atoms. The van der Waals surface area contributed by atoms with Crippen LogP contribution in [-0.2, 0) is 11.2 Å². The van der Waals surface area contributed by atoms with Crippen LogP contribution in [0.5, 0.6) is 0 Å². The van der Waals surface area contributed by atoms with Crippen LogP contribution >= 0.6 is 0 Å². The van der Waals surface area contributed by atoms with Crippen LogP contribution in [0, 0.1) is 5.92 Å².